The monoisotopic (exact) mass is 395 g/mol. The quantitative estimate of drug-likeness (QED) is 0.583. The maximum absolute atomic E-state index is 12.7. The summed E-state index contributed by atoms with van der Waals surface area (Å²) < 4.78 is 28.0. The predicted octanol–water partition coefficient (Wildman–Crippen LogP) is 4.75. The van der Waals surface area contributed by atoms with Crippen LogP contribution in [0.4, 0.5) is 21.9 Å². The molecule has 3 N–H and O–H groups in total. The van der Waals surface area contributed by atoms with Crippen molar-refractivity contribution in [2.45, 2.75) is 18.7 Å². The largest absolute Gasteiger partial charge is 0.323 e. The van der Waals surface area contributed by atoms with E-state index in [0.29, 0.717) is 22.6 Å². The van der Waals surface area contributed by atoms with Crippen molar-refractivity contribution in [3.05, 3.63) is 83.9 Å². The summed E-state index contributed by atoms with van der Waals surface area (Å²) in [5.41, 5.74) is 3.01. The fraction of sp³-hybridized carbons (Fsp3) is 0.0952. The highest BCUT2D eigenvalue weighted by atomic mass is 32.2. The third-order valence-corrected chi connectivity index (χ3v) is 5.56. The Morgan fingerprint density at radius 1 is 0.750 bits per heavy atom. The van der Waals surface area contributed by atoms with Crippen molar-refractivity contribution in [3.8, 4) is 0 Å². The molecule has 0 saturated heterocycles. The summed E-state index contributed by atoms with van der Waals surface area (Å²) >= 11 is 0. The van der Waals surface area contributed by atoms with Crippen molar-refractivity contribution in [2.24, 2.45) is 0 Å². The molecule has 0 atom stereocenters. The molecule has 7 heteroatoms. The van der Waals surface area contributed by atoms with Gasteiger partial charge in [-0.3, -0.25) is 4.72 Å². The zero-order valence-corrected chi connectivity index (χ0v) is 16.4. The second-order valence-electron chi connectivity index (χ2n) is 6.40. The van der Waals surface area contributed by atoms with Gasteiger partial charge in [-0.1, -0.05) is 36.4 Å². The minimum Gasteiger partial charge on any atom is -0.308 e. The van der Waals surface area contributed by atoms with E-state index in [-0.39, 0.29) is 4.90 Å². The molecular formula is C21H21N3O3S. The van der Waals surface area contributed by atoms with Crippen LogP contribution in [0.25, 0.3) is 0 Å². The Kier molecular flexibility index (Phi) is 5.65. The molecular weight excluding hydrogens is 374 g/mol. The van der Waals surface area contributed by atoms with Crippen LogP contribution in [0.3, 0.4) is 0 Å². The number of anilines is 3. The number of aryl methyl sites for hydroxylation is 2. The normalized spacial score (nSPS) is 10.9. The fourth-order valence-electron chi connectivity index (χ4n) is 2.68. The lowest BCUT2D eigenvalue weighted by Gasteiger charge is -2.13. The number of benzene rings is 3. The highest BCUT2D eigenvalue weighted by Crippen LogP contribution is 2.22. The third-order valence-electron chi connectivity index (χ3n) is 4.04. The maximum Gasteiger partial charge on any atom is 0.323 e. The van der Waals surface area contributed by atoms with Gasteiger partial charge >= 0.3 is 6.03 Å². The van der Waals surface area contributed by atoms with E-state index in [1.165, 1.54) is 0 Å². The Labute approximate surface area is 164 Å². The molecule has 3 aromatic rings. The van der Waals surface area contributed by atoms with Crippen molar-refractivity contribution >= 4 is 33.1 Å². The van der Waals surface area contributed by atoms with Crippen molar-refractivity contribution in [2.75, 3.05) is 15.4 Å². The number of para-hydroxylation sites is 1. The first-order valence-electron chi connectivity index (χ1n) is 8.67. The summed E-state index contributed by atoms with van der Waals surface area (Å²) in [6.07, 6.45) is 0. The molecule has 0 aliphatic carbocycles. The lowest BCUT2D eigenvalue weighted by molar-refractivity contribution is 0.262. The number of amides is 2. The van der Waals surface area contributed by atoms with E-state index in [1.54, 1.807) is 55.5 Å². The summed E-state index contributed by atoms with van der Waals surface area (Å²) in [6.45, 7) is 3.59. The zero-order valence-electron chi connectivity index (χ0n) is 15.6. The molecule has 0 radical (unpaired) electrons. The Bertz CT molecular complexity index is 1100. The van der Waals surface area contributed by atoms with Crippen LogP contribution in [-0.2, 0) is 10.0 Å². The van der Waals surface area contributed by atoms with Crippen LogP contribution in [0.5, 0.6) is 0 Å². The van der Waals surface area contributed by atoms with Gasteiger partial charge < -0.3 is 10.6 Å². The molecule has 6 nitrogen and oxygen atoms in total. The van der Waals surface area contributed by atoms with E-state index < -0.39 is 16.1 Å². The number of sulfonamides is 1. The Morgan fingerprint density at radius 3 is 2.14 bits per heavy atom. The van der Waals surface area contributed by atoms with Crippen molar-refractivity contribution < 1.29 is 13.2 Å². The van der Waals surface area contributed by atoms with Gasteiger partial charge in [0, 0.05) is 11.4 Å². The van der Waals surface area contributed by atoms with E-state index in [4.69, 9.17) is 0 Å². The van der Waals surface area contributed by atoms with Gasteiger partial charge in [0.15, 0.2) is 0 Å². The number of urea groups is 1. The molecule has 0 aliphatic heterocycles. The van der Waals surface area contributed by atoms with Gasteiger partial charge in [0.1, 0.15) is 0 Å². The Balaban J connectivity index is 1.74. The number of rotatable bonds is 5. The van der Waals surface area contributed by atoms with Gasteiger partial charge in [-0.05, 0) is 61.4 Å². The van der Waals surface area contributed by atoms with Crippen LogP contribution in [0.1, 0.15) is 11.1 Å². The number of hydrogen-bond donors (Lipinski definition) is 3. The lowest BCUT2D eigenvalue weighted by atomic mass is 10.2. The van der Waals surface area contributed by atoms with E-state index >= 15 is 0 Å². The van der Waals surface area contributed by atoms with Crippen molar-refractivity contribution in [1.29, 1.82) is 0 Å². The van der Waals surface area contributed by atoms with E-state index in [2.05, 4.69) is 15.4 Å². The third kappa shape index (κ3) is 4.89. The molecule has 0 spiro atoms. The zero-order chi connectivity index (χ0) is 20.1. The highest BCUT2D eigenvalue weighted by Gasteiger charge is 2.17. The van der Waals surface area contributed by atoms with Crippen LogP contribution in [0, 0.1) is 13.8 Å². The summed E-state index contributed by atoms with van der Waals surface area (Å²) in [7, 11) is -3.74. The van der Waals surface area contributed by atoms with Crippen molar-refractivity contribution in [1.82, 2.24) is 0 Å². The second kappa shape index (κ2) is 8.14. The number of carbonyl (C=O) groups is 1. The average molecular weight is 395 g/mol. The van der Waals surface area contributed by atoms with E-state index in [1.807, 2.05) is 31.2 Å². The maximum atomic E-state index is 12.7. The topological polar surface area (TPSA) is 87.3 Å². The highest BCUT2D eigenvalue weighted by molar-refractivity contribution is 7.92. The lowest BCUT2D eigenvalue weighted by Crippen LogP contribution is -2.19. The molecule has 0 heterocycles. The van der Waals surface area contributed by atoms with Gasteiger partial charge in [-0.25, -0.2) is 13.2 Å². The molecule has 28 heavy (non-hydrogen) atoms. The van der Waals surface area contributed by atoms with Crippen LogP contribution in [-0.4, -0.2) is 14.4 Å². The molecule has 0 unspecified atom stereocenters. The standard InChI is InChI=1S/C21H21N3O3S/c1-15-11-12-16(2)20(13-15)28(26,27)24-19-10-6-9-18(14-19)23-21(25)22-17-7-4-3-5-8-17/h3-14,24H,1-2H3,(H2,22,23,25). The number of nitrogens with one attached hydrogen (secondary N) is 3. The van der Waals surface area contributed by atoms with E-state index in [9.17, 15) is 13.2 Å². The van der Waals surface area contributed by atoms with Crippen molar-refractivity contribution in [3.63, 3.8) is 0 Å². The Hall–Kier alpha value is -3.32. The van der Waals surface area contributed by atoms with Gasteiger partial charge in [0.05, 0.1) is 10.6 Å². The summed E-state index contributed by atoms with van der Waals surface area (Å²) in [4.78, 5) is 12.4. The van der Waals surface area contributed by atoms with Crippen LogP contribution >= 0.6 is 0 Å². The minimum absolute atomic E-state index is 0.229. The molecule has 0 bridgehead atoms. The summed E-state index contributed by atoms with van der Waals surface area (Å²) in [5.74, 6) is 0. The molecule has 3 rings (SSSR count). The van der Waals surface area contributed by atoms with Gasteiger partial charge in [-0.15, -0.1) is 0 Å². The molecule has 3 aromatic carbocycles. The molecule has 0 saturated carbocycles. The molecule has 0 aromatic heterocycles. The van der Waals surface area contributed by atoms with Gasteiger partial charge in [0.25, 0.3) is 10.0 Å². The van der Waals surface area contributed by atoms with Gasteiger partial charge in [0.2, 0.25) is 0 Å². The van der Waals surface area contributed by atoms with Crippen LogP contribution in [0.15, 0.2) is 77.7 Å². The first-order chi connectivity index (χ1) is 13.3. The first kappa shape index (κ1) is 19.4. The van der Waals surface area contributed by atoms with Crippen LogP contribution < -0.4 is 15.4 Å². The molecule has 0 fully saturated rings. The van der Waals surface area contributed by atoms with E-state index in [0.717, 1.165) is 5.56 Å². The smallest absolute Gasteiger partial charge is 0.308 e. The summed E-state index contributed by atoms with van der Waals surface area (Å²) in [5, 5.41) is 5.40. The number of carbonyl (C=O) groups excluding carboxylic acids is 1. The average Bonchev–Trinajstić information content (AvgIpc) is 2.64. The fourth-order valence-corrected chi connectivity index (χ4v) is 4.06. The molecule has 144 valence electrons. The first-order valence-corrected chi connectivity index (χ1v) is 10.1. The summed E-state index contributed by atoms with van der Waals surface area (Å²) in [6, 6.07) is 20.4. The number of hydrogen-bond acceptors (Lipinski definition) is 3. The second-order valence-corrected chi connectivity index (χ2v) is 8.05. The Morgan fingerprint density at radius 2 is 1.39 bits per heavy atom. The SMILES string of the molecule is Cc1ccc(C)c(S(=O)(=O)Nc2cccc(NC(=O)Nc3ccccc3)c2)c1. The van der Waals surface area contributed by atoms with Crippen LogP contribution in [0.2, 0.25) is 0 Å². The molecule has 0 aliphatic rings. The minimum atomic E-state index is -3.74. The molecule has 2 amide bonds. The van der Waals surface area contributed by atoms with Gasteiger partial charge in [-0.2, -0.15) is 0 Å². The predicted molar refractivity (Wildman–Crippen MR) is 112 cm³/mol.